The monoisotopic (exact) mass is 104 g/mol. The third-order valence-electron chi connectivity index (χ3n) is 0.803. The van der Waals surface area contributed by atoms with E-state index < -0.39 is 0 Å². The van der Waals surface area contributed by atoms with Crippen molar-refractivity contribution in [3.8, 4) is 0 Å². The molecule has 44 valence electrons. The number of aliphatic hydroxyl groups excluding tert-OH is 1. The molecule has 0 aromatic carbocycles. The number of hydrogen-bond acceptors (Lipinski definition) is 3. The van der Waals surface area contributed by atoms with Gasteiger partial charge in [0.25, 0.3) is 0 Å². The van der Waals surface area contributed by atoms with Crippen LogP contribution in [0.2, 0.25) is 0 Å². The Bertz CT molecular complexity index is 40.7. The van der Waals surface area contributed by atoms with Gasteiger partial charge in [-0.2, -0.15) is 0 Å². The van der Waals surface area contributed by atoms with Crippen molar-refractivity contribution in [2.45, 2.75) is 12.5 Å². The van der Waals surface area contributed by atoms with Gasteiger partial charge in [0.1, 0.15) is 0 Å². The number of rotatable bonds is 3. The number of nitrogens with two attached hydrogens (primary N) is 2. The van der Waals surface area contributed by atoms with Crippen LogP contribution in [-0.4, -0.2) is 24.3 Å². The molecule has 0 aliphatic heterocycles. The van der Waals surface area contributed by atoms with Gasteiger partial charge in [0, 0.05) is 19.2 Å². The van der Waals surface area contributed by atoms with Crippen LogP contribution in [0.5, 0.6) is 0 Å². The maximum absolute atomic E-state index is 8.23. The van der Waals surface area contributed by atoms with Crippen molar-refractivity contribution < 1.29 is 5.11 Å². The third-order valence-corrected chi connectivity index (χ3v) is 0.803. The fraction of sp³-hybridized carbons (Fsp3) is 1.00. The Hall–Kier alpha value is -0.120. The fourth-order valence-corrected chi connectivity index (χ4v) is 0.284. The Kier molecular flexibility index (Phi) is 3.98. The van der Waals surface area contributed by atoms with Crippen LogP contribution in [0.15, 0.2) is 0 Å². The van der Waals surface area contributed by atoms with Gasteiger partial charge in [0.05, 0.1) is 0 Å². The molecule has 0 amide bonds. The molecular weight excluding hydrogens is 92.1 g/mol. The molecule has 0 aromatic heterocycles. The minimum absolute atomic E-state index is 0.0231. The molecule has 0 saturated carbocycles. The summed E-state index contributed by atoms with van der Waals surface area (Å²) in [6, 6.07) is -0.0231. The normalized spacial score (nSPS) is 14.1. The fourth-order valence-electron chi connectivity index (χ4n) is 0.284. The highest BCUT2D eigenvalue weighted by molar-refractivity contribution is 4.58. The molecule has 0 saturated heterocycles. The Balaban J connectivity index is 2.83. The van der Waals surface area contributed by atoms with E-state index in [9.17, 15) is 0 Å². The van der Waals surface area contributed by atoms with Crippen molar-refractivity contribution in [1.82, 2.24) is 0 Å². The minimum Gasteiger partial charge on any atom is -0.396 e. The molecular formula is C4H12N2O. The predicted molar refractivity (Wildman–Crippen MR) is 28.7 cm³/mol. The first-order chi connectivity index (χ1) is 3.31. The van der Waals surface area contributed by atoms with Gasteiger partial charge < -0.3 is 16.6 Å². The molecule has 0 aromatic rings. The van der Waals surface area contributed by atoms with Gasteiger partial charge in [-0.05, 0) is 6.42 Å². The van der Waals surface area contributed by atoms with Crippen molar-refractivity contribution in [3.05, 3.63) is 0 Å². The molecule has 3 nitrogen and oxygen atoms in total. The van der Waals surface area contributed by atoms with E-state index in [1.54, 1.807) is 0 Å². The smallest absolute Gasteiger partial charge is 0.0446 e. The van der Waals surface area contributed by atoms with Gasteiger partial charge >= 0.3 is 0 Å². The van der Waals surface area contributed by atoms with Crippen molar-refractivity contribution in [1.29, 1.82) is 0 Å². The summed E-state index contributed by atoms with van der Waals surface area (Å²) in [7, 11) is 0. The molecule has 3 heteroatoms. The van der Waals surface area contributed by atoms with Gasteiger partial charge in [-0.3, -0.25) is 0 Å². The first kappa shape index (κ1) is 6.88. The van der Waals surface area contributed by atoms with Crippen molar-refractivity contribution in [2.75, 3.05) is 13.2 Å². The first-order valence-corrected chi connectivity index (χ1v) is 2.37. The highest BCUT2D eigenvalue weighted by Gasteiger charge is 1.93. The van der Waals surface area contributed by atoms with Crippen LogP contribution >= 0.6 is 0 Å². The molecule has 0 bridgehead atoms. The summed E-state index contributed by atoms with van der Waals surface area (Å²) < 4.78 is 0. The van der Waals surface area contributed by atoms with Crippen LogP contribution in [0.1, 0.15) is 6.42 Å². The van der Waals surface area contributed by atoms with Gasteiger partial charge in [-0.15, -0.1) is 0 Å². The zero-order valence-corrected chi connectivity index (χ0v) is 4.30. The van der Waals surface area contributed by atoms with E-state index in [4.69, 9.17) is 16.6 Å². The zero-order valence-electron chi connectivity index (χ0n) is 4.30. The van der Waals surface area contributed by atoms with Crippen LogP contribution in [0.25, 0.3) is 0 Å². The minimum atomic E-state index is -0.0231. The van der Waals surface area contributed by atoms with Crippen LogP contribution in [0.3, 0.4) is 0 Å². The van der Waals surface area contributed by atoms with Crippen LogP contribution < -0.4 is 11.5 Å². The SMILES string of the molecule is NC[C@H](N)CCO. The lowest BCUT2D eigenvalue weighted by Gasteiger charge is -2.02. The molecule has 7 heavy (non-hydrogen) atoms. The second-order valence-corrected chi connectivity index (χ2v) is 1.51. The molecule has 0 aliphatic carbocycles. The standard InChI is InChI=1S/C4H12N2O/c5-3-4(6)1-2-7/h4,7H,1-3,5-6H2/t4-/m1/s1. The molecule has 0 heterocycles. The average Bonchev–Trinajstić information content (AvgIpc) is 1.68. The third kappa shape index (κ3) is 3.72. The Labute approximate surface area is 43.3 Å². The van der Waals surface area contributed by atoms with E-state index in [1.165, 1.54) is 0 Å². The van der Waals surface area contributed by atoms with Gasteiger partial charge in [-0.1, -0.05) is 0 Å². The molecule has 0 aliphatic rings. The Morgan fingerprint density at radius 1 is 1.57 bits per heavy atom. The maximum Gasteiger partial charge on any atom is 0.0446 e. The van der Waals surface area contributed by atoms with E-state index in [1.807, 2.05) is 0 Å². The number of hydrogen-bond donors (Lipinski definition) is 3. The van der Waals surface area contributed by atoms with Gasteiger partial charge in [0.2, 0.25) is 0 Å². The highest BCUT2D eigenvalue weighted by Crippen LogP contribution is 1.79. The molecule has 0 unspecified atom stereocenters. The van der Waals surface area contributed by atoms with E-state index >= 15 is 0 Å². The second-order valence-electron chi connectivity index (χ2n) is 1.51. The van der Waals surface area contributed by atoms with Gasteiger partial charge in [0.15, 0.2) is 0 Å². The van der Waals surface area contributed by atoms with Crippen LogP contribution in [-0.2, 0) is 0 Å². The predicted octanol–water partition coefficient (Wildman–Crippen LogP) is -1.35. The summed E-state index contributed by atoms with van der Waals surface area (Å²) in [5, 5.41) is 8.23. The summed E-state index contributed by atoms with van der Waals surface area (Å²) in [5.41, 5.74) is 10.4. The lowest BCUT2D eigenvalue weighted by molar-refractivity contribution is 0.277. The van der Waals surface area contributed by atoms with Crippen LogP contribution in [0, 0.1) is 0 Å². The van der Waals surface area contributed by atoms with E-state index in [0.29, 0.717) is 13.0 Å². The lowest BCUT2D eigenvalue weighted by atomic mass is 10.2. The molecule has 0 spiro atoms. The van der Waals surface area contributed by atoms with E-state index in [2.05, 4.69) is 0 Å². The maximum atomic E-state index is 8.23. The molecule has 0 radical (unpaired) electrons. The summed E-state index contributed by atoms with van der Waals surface area (Å²) >= 11 is 0. The summed E-state index contributed by atoms with van der Waals surface area (Å²) in [4.78, 5) is 0. The summed E-state index contributed by atoms with van der Waals surface area (Å²) in [5.74, 6) is 0. The van der Waals surface area contributed by atoms with Crippen molar-refractivity contribution in [2.24, 2.45) is 11.5 Å². The van der Waals surface area contributed by atoms with E-state index in [-0.39, 0.29) is 12.6 Å². The Morgan fingerprint density at radius 3 is 2.29 bits per heavy atom. The number of aliphatic hydroxyl groups is 1. The van der Waals surface area contributed by atoms with Crippen molar-refractivity contribution in [3.63, 3.8) is 0 Å². The Morgan fingerprint density at radius 2 is 2.14 bits per heavy atom. The zero-order chi connectivity index (χ0) is 5.70. The second kappa shape index (κ2) is 4.05. The van der Waals surface area contributed by atoms with Crippen LogP contribution in [0.4, 0.5) is 0 Å². The van der Waals surface area contributed by atoms with Crippen molar-refractivity contribution >= 4 is 0 Å². The summed E-state index contributed by atoms with van der Waals surface area (Å²) in [6.07, 6.45) is 0.608. The molecule has 5 N–H and O–H groups in total. The topological polar surface area (TPSA) is 72.3 Å². The average molecular weight is 104 g/mol. The lowest BCUT2D eigenvalue weighted by Crippen LogP contribution is -2.30. The first-order valence-electron chi connectivity index (χ1n) is 2.37. The summed E-state index contributed by atoms with van der Waals surface area (Å²) in [6.45, 7) is 0.596. The highest BCUT2D eigenvalue weighted by atomic mass is 16.3. The molecule has 0 rings (SSSR count). The quantitative estimate of drug-likeness (QED) is 0.414. The largest absolute Gasteiger partial charge is 0.396 e. The molecule has 0 fully saturated rings. The van der Waals surface area contributed by atoms with Gasteiger partial charge in [-0.25, -0.2) is 0 Å². The molecule has 1 atom stereocenters. The van der Waals surface area contributed by atoms with E-state index in [0.717, 1.165) is 0 Å².